The number of nitrogens with two attached hydrogens (primary N) is 1. The van der Waals surface area contributed by atoms with E-state index in [1.165, 1.54) is 11.3 Å². The van der Waals surface area contributed by atoms with Crippen molar-refractivity contribution in [1.82, 2.24) is 10.2 Å². The fourth-order valence-corrected chi connectivity index (χ4v) is 2.36. The minimum atomic E-state index is -0.0668. The minimum absolute atomic E-state index is 0.0668. The van der Waals surface area contributed by atoms with E-state index in [2.05, 4.69) is 17.1 Å². The Hall–Kier alpha value is -1.46. The molecular weight excluding hydrogens is 258 g/mol. The van der Waals surface area contributed by atoms with Gasteiger partial charge in [0, 0.05) is 5.56 Å². The number of hydrogen-bond donors (Lipinski definition) is 1. The molecule has 2 rings (SSSR count). The van der Waals surface area contributed by atoms with Gasteiger partial charge in [-0.15, -0.1) is 10.2 Å². The van der Waals surface area contributed by atoms with Crippen LogP contribution in [0.1, 0.15) is 37.7 Å². The molecule has 1 aromatic heterocycles. The Balaban J connectivity index is 2.04. The maximum Gasteiger partial charge on any atom is 0.147 e. The molecule has 0 saturated heterocycles. The van der Waals surface area contributed by atoms with Crippen LogP contribution in [0.15, 0.2) is 24.3 Å². The zero-order valence-electron chi connectivity index (χ0n) is 11.3. The molecule has 4 nitrogen and oxygen atoms in total. The second-order valence-corrected chi connectivity index (χ2v) is 5.47. The number of nitrogens with zero attached hydrogens (tertiary/aromatic N) is 2. The Labute approximate surface area is 117 Å². The molecule has 1 aromatic carbocycles. The number of rotatable bonds is 6. The highest BCUT2D eigenvalue weighted by molar-refractivity contribution is 7.14. The summed E-state index contributed by atoms with van der Waals surface area (Å²) in [6.45, 7) is 4.83. The van der Waals surface area contributed by atoms with E-state index in [1.807, 2.05) is 31.2 Å². The van der Waals surface area contributed by atoms with Gasteiger partial charge < -0.3 is 10.5 Å². The molecule has 0 aliphatic carbocycles. The molecular formula is C14H19N3OS. The van der Waals surface area contributed by atoms with Crippen molar-refractivity contribution in [3.63, 3.8) is 0 Å². The van der Waals surface area contributed by atoms with Gasteiger partial charge in [-0.25, -0.2) is 0 Å². The summed E-state index contributed by atoms with van der Waals surface area (Å²) in [4.78, 5) is 0. The first-order valence-electron chi connectivity index (χ1n) is 6.53. The first-order chi connectivity index (χ1) is 9.20. The van der Waals surface area contributed by atoms with Gasteiger partial charge in [-0.05, 0) is 37.6 Å². The monoisotopic (exact) mass is 277 g/mol. The zero-order valence-corrected chi connectivity index (χ0v) is 12.1. The fourth-order valence-electron chi connectivity index (χ4n) is 1.56. The lowest BCUT2D eigenvalue weighted by Crippen LogP contribution is -2.03. The van der Waals surface area contributed by atoms with Gasteiger partial charge in [0.25, 0.3) is 0 Å². The van der Waals surface area contributed by atoms with Crippen LogP contribution in [0.3, 0.4) is 0 Å². The second-order valence-electron chi connectivity index (χ2n) is 4.46. The van der Waals surface area contributed by atoms with Crippen molar-refractivity contribution in [3.8, 4) is 16.3 Å². The van der Waals surface area contributed by atoms with E-state index < -0.39 is 0 Å². The van der Waals surface area contributed by atoms with Crippen LogP contribution >= 0.6 is 11.3 Å². The van der Waals surface area contributed by atoms with E-state index in [-0.39, 0.29) is 6.04 Å². The summed E-state index contributed by atoms with van der Waals surface area (Å²) in [5, 5.41) is 10.0. The van der Waals surface area contributed by atoms with Crippen LogP contribution in [-0.4, -0.2) is 16.8 Å². The van der Waals surface area contributed by atoms with Gasteiger partial charge in [0.2, 0.25) is 0 Å². The van der Waals surface area contributed by atoms with Crippen LogP contribution in [0.2, 0.25) is 0 Å². The number of ether oxygens (including phenoxy) is 1. The maximum absolute atomic E-state index is 5.79. The van der Waals surface area contributed by atoms with E-state index in [9.17, 15) is 0 Å². The van der Waals surface area contributed by atoms with Crippen molar-refractivity contribution in [3.05, 3.63) is 29.3 Å². The van der Waals surface area contributed by atoms with E-state index in [0.29, 0.717) is 0 Å². The Morgan fingerprint density at radius 1 is 1.26 bits per heavy atom. The molecule has 2 aromatic rings. The van der Waals surface area contributed by atoms with Crippen molar-refractivity contribution in [2.45, 2.75) is 32.7 Å². The van der Waals surface area contributed by atoms with Crippen LogP contribution in [-0.2, 0) is 0 Å². The largest absolute Gasteiger partial charge is 0.494 e. The zero-order chi connectivity index (χ0) is 13.7. The van der Waals surface area contributed by atoms with Crippen molar-refractivity contribution in [2.75, 3.05) is 6.61 Å². The van der Waals surface area contributed by atoms with Gasteiger partial charge in [-0.1, -0.05) is 24.7 Å². The highest BCUT2D eigenvalue weighted by atomic mass is 32.1. The van der Waals surface area contributed by atoms with Crippen molar-refractivity contribution in [1.29, 1.82) is 0 Å². The van der Waals surface area contributed by atoms with Gasteiger partial charge in [0.05, 0.1) is 12.6 Å². The molecule has 0 amide bonds. The van der Waals surface area contributed by atoms with Gasteiger partial charge in [0.1, 0.15) is 15.8 Å². The lowest BCUT2D eigenvalue weighted by Gasteiger charge is -2.05. The maximum atomic E-state index is 5.79. The van der Waals surface area contributed by atoms with Crippen molar-refractivity contribution >= 4 is 11.3 Å². The summed E-state index contributed by atoms with van der Waals surface area (Å²) in [7, 11) is 0. The molecule has 0 bridgehead atoms. The summed E-state index contributed by atoms with van der Waals surface area (Å²) in [6.07, 6.45) is 2.22. The number of benzene rings is 1. The Morgan fingerprint density at radius 2 is 2.00 bits per heavy atom. The molecule has 0 radical (unpaired) electrons. The molecule has 2 N–H and O–H groups in total. The molecule has 0 aliphatic heterocycles. The molecule has 0 fully saturated rings. The minimum Gasteiger partial charge on any atom is -0.494 e. The smallest absolute Gasteiger partial charge is 0.147 e. The van der Waals surface area contributed by atoms with Gasteiger partial charge in [-0.2, -0.15) is 0 Å². The van der Waals surface area contributed by atoms with Crippen LogP contribution in [0, 0.1) is 0 Å². The molecule has 0 spiro atoms. The first kappa shape index (κ1) is 14.0. The molecule has 0 aliphatic rings. The van der Waals surface area contributed by atoms with Gasteiger partial charge in [-0.3, -0.25) is 0 Å². The quantitative estimate of drug-likeness (QED) is 0.822. The van der Waals surface area contributed by atoms with Crippen molar-refractivity contribution < 1.29 is 4.74 Å². The number of hydrogen-bond acceptors (Lipinski definition) is 5. The average molecular weight is 277 g/mol. The first-order valence-corrected chi connectivity index (χ1v) is 7.34. The Morgan fingerprint density at radius 3 is 2.58 bits per heavy atom. The normalized spacial score (nSPS) is 12.4. The van der Waals surface area contributed by atoms with Gasteiger partial charge in [0.15, 0.2) is 0 Å². The summed E-state index contributed by atoms with van der Waals surface area (Å²) < 4.78 is 5.63. The van der Waals surface area contributed by atoms with Crippen LogP contribution in [0.4, 0.5) is 0 Å². The fraction of sp³-hybridized carbons (Fsp3) is 0.429. The van der Waals surface area contributed by atoms with Crippen LogP contribution < -0.4 is 10.5 Å². The average Bonchev–Trinajstić information content (AvgIpc) is 2.90. The van der Waals surface area contributed by atoms with Gasteiger partial charge >= 0.3 is 0 Å². The number of aromatic nitrogens is 2. The van der Waals surface area contributed by atoms with Crippen LogP contribution in [0.25, 0.3) is 10.6 Å². The lowest BCUT2D eigenvalue weighted by molar-refractivity contribution is 0.309. The summed E-state index contributed by atoms with van der Waals surface area (Å²) in [5.74, 6) is 0.897. The molecule has 102 valence electrons. The van der Waals surface area contributed by atoms with E-state index >= 15 is 0 Å². The highest BCUT2D eigenvalue weighted by Gasteiger charge is 2.09. The van der Waals surface area contributed by atoms with E-state index in [0.717, 1.165) is 40.8 Å². The summed E-state index contributed by atoms with van der Waals surface area (Å²) >= 11 is 1.53. The molecule has 1 atom stereocenters. The molecule has 19 heavy (non-hydrogen) atoms. The third-order valence-corrected chi connectivity index (χ3v) is 3.87. The summed E-state index contributed by atoms with van der Waals surface area (Å²) in [5.41, 5.74) is 6.83. The third-order valence-electron chi connectivity index (χ3n) is 2.70. The lowest BCUT2D eigenvalue weighted by atomic mass is 10.2. The van der Waals surface area contributed by atoms with Crippen molar-refractivity contribution in [2.24, 2.45) is 5.73 Å². The van der Waals surface area contributed by atoms with E-state index in [1.54, 1.807) is 0 Å². The highest BCUT2D eigenvalue weighted by Crippen LogP contribution is 2.27. The number of unbranched alkanes of at least 4 members (excludes halogenated alkanes) is 1. The predicted molar refractivity (Wildman–Crippen MR) is 78.4 cm³/mol. The predicted octanol–water partition coefficient (Wildman–Crippen LogP) is 3.40. The Bertz CT molecular complexity index is 508. The Kier molecular flexibility index (Phi) is 4.87. The third kappa shape index (κ3) is 3.75. The topological polar surface area (TPSA) is 61.0 Å². The van der Waals surface area contributed by atoms with E-state index in [4.69, 9.17) is 10.5 Å². The summed E-state index contributed by atoms with van der Waals surface area (Å²) in [6, 6.07) is 7.89. The molecule has 1 unspecified atom stereocenters. The standard InChI is InChI=1S/C14H19N3OS/c1-3-4-9-18-12-7-5-11(6-8-12)14-17-16-13(19-14)10(2)15/h5-8,10H,3-4,9,15H2,1-2H3. The molecule has 1 heterocycles. The SMILES string of the molecule is CCCCOc1ccc(-c2nnc(C(C)N)s2)cc1. The second kappa shape index (κ2) is 6.63. The van der Waals surface area contributed by atoms with Crippen LogP contribution in [0.5, 0.6) is 5.75 Å². The molecule has 5 heteroatoms. The molecule has 0 saturated carbocycles.